The molecule has 3 aromatic rings. The summed E-state index contributed by atoms with van der Waals surface area (Å²) in [4.78, 5) is 26.7. The first-order valence-electron chi connectivity index (χ1n) is 8.99. The van der Waals surface area contributed by atoms with Crippen LogP contribution in [0.5, 0.6) is 0 Å². The molecule has 3 aromatic carbocycles. The Kier molecular flexibility index (Phi) is 4.69. The van der Waals surface area contributed by atoms with Gasteiger partial charge in [-0.25, -0.2) is 0 Å². The van der Waals surface area contributed by atoms with Gasteiger partial charge in [0.05, 0.1) is 13.2 Å². The van der Waals surface area contributed by atoms with Crippen LogP contribution in [0.1, 0.15) is 31.8 Å². The third-order valence-corrected chi connectivity index (χ3v) is 6.16. The van der Waals surface area contributed by atoms with Gasteiger partial charge in [-0.05, 0) is 55.3 Å². The van der Waals surface area contributed by atoms with Crippen molar-refractivity contribution in [2.75, 3.05) is 18.5 Å². The number of rotatable bonds is 4. The highest BCUT2D eigenvalue weighted by Gasteiger charge is 2.32. The van der Waals surface area contributed by atoms with Gasteiger partial charge in [-0.15, -0.1) is 0 Å². The zero-order valence-corrected chi connectivity index (χ0v) is 17.1. The number of carbonyl (C=O) groups excluding carboxylic acids is 2. The van der Waals surface area contributed by atoms with Gasteiger partial charge in [0.25, 0.3) is 11.8 Å². The van der Waals surface area contributed by atoms with E-state index in [2.05, 4.69) is 28.2 Å². The fourth-order valence-corrected chi connectivity index (χ4v) is 4.06. The van der Waals surface area contributed by atoms with Crippen molar-refractivity contribution in [2.24, 2.45) is 0 Å². The molecule has 0 fully saturated rings. The van der Waals surface area contributed by atoms with Crippen LogP contribution in [0.15, 0.2) is 46.9 Å². The van der Waals surface area contributed by atoms with Crippen molar-refractivity contribution in [3.05, 3.63) is 69.2 Å². The van der Waals surface area contributed by atoms with E-state index in [1.807, 2.05) is 37.3 Å². The van der Waals surface area contributed by atoms with Crippen LogP contribution in [0.3, 0.4) is 0 Å². The first-order valence-corrected chi connectivity index (χ1v) is 9.79. The molecule has 0 radical (unpaired) electrons. The summed E-state index contributed by atoms with van der Waals surface area (Å²) < 4.78 is 1.05. The number of carbonyl (C=O) groups is 2. The molecule has 0 spiro atoms. The maximum Gasteiger partial charge on any atom is 0.261 e. The molecule has 142 valence electrons. The topological polar surface area (TPSA) is 69.6 Å². The molecule has 5 nitrogen and oxygen atoms in total. The Morgan fingerprint density at radius 1 is 0.929 bits per heavy atom. The second kappa shape index (κ2) is 7.04. The summed E-state index contributed by atoms with van der Waals surface area (Å²) in [6.45, 7) is 3.83. The van der Waals surface area contributed by atoms with Crippen LogP contribution in [-0.4, -0.2) is 35.0 Å². The molecular weight excluding hydrogens is 420 g/mol. The van der Waals surface area contributed by atoms with Crippen molar-refractivity contribution < 1.29 is 14.7 Å². The molecule has 4 rings (SSSR count). The minimum absolute atomic E-state index is 0.00907. The first-order chi connectivity index (χ1) is 13.4. The van der Waals surface area contributed by atoms with E-state index in [0.29, 0.717) is 16.5 Å². The van der Waals surface area contributed by atoms with Gasteiger partial charge in [0.15, 0.2) is 0 Å². The highest BCUT2D eigenvalue weighted by molar-refractivity contribution is 9.10. The number of anilines is 2. The average Bonchev–Trinajstić information content (AvgIpc) is 2.70. The lowest BCUT2D eigenvalue weighted by Crippen LogP contribution is -2.41. The van der Waals surface area contributed by atoms with Gasteiger partial charge in [-0.2, -0.15) is 0 Å². The maximum absolute atomic E-state index is 12.8. The van der Waals surface area contributed by atoms with Crippen LogP contribution in [0.2, 0.25) is 0 Å². The fourth-order valence-electron chi connectivity index (χ4n) is 3.63. The third-order valence-electron chi connectivity index (χ3n) is 5.31. The quantitative estimate of drug-likeness (QED) is 0.586. The number of benzene rings is 3. The van der Waals surface area contributed by atoms with Crippen LogP contribution >= 0.6 is 15.9 Å². The number of aliphatic hydroxyl groups excluding tert-OH is 1. The molecule has 0 saturated carbocycles. The zero-order valence-electron chi connectivity index (χ0n) is 15.5. The summed E-state index contributed by atoms with van der Waals surface area (Å²) in [5.41, 5.74) is 5.04. The maximum atomic E-state index is 12.8. The number of halogens is 1. The Labute approximate surface area is 171 Å². The second-order valence-corrected chi connectivity index (χ2v) is 7.70. The van der Waals surface area contributed by atoms with E-state index in [4.69, 9.17) is 0 Å². The number of amides is 2. The van der Waals surface area contributed by atoms with Crippen LogP contribution in [0.25, 0.3) is 10.8 Å². The Balaban J connectivity index is 1.87. The molecule has 0 bridgehead atoms. The molecule has 0 saturated heterocycles. The molecule has 28 heavy (non-hydrogen) atoms. The summed E-state index contributed by atoms with van der Waals surface area (Å²) in [5.74, 6) is -0.741. The molecule has 1 aliphatic rings. The number of hydrogen-bond acceptors (Lipinski definition) is 4. The van der Waals surface area contributed by atoms with Gasteiger partial charge < -0.3 is 10.4 Å². The summed E-state index contributed by atoms with van der Waals surface area (Å²) in [6, 6.07) is 13.1. The summed E-state index contributed by atoms with van der Waals surface area (Å²) in [7, 11) is 0. The number of hydrogen-bond donors (Lipinski definition) is 2. The van der Waals surface area contributed by atoms with E-state index < -0.39 is 0 Å². The Morgan fingerprint density at radius 3 is 2.32 bits per heavy atom. The normalized spacial score (nSPS) is 13.4. The van der Waals surface area contributed by atoms with Crippen LogP contribution in [0.4, 0.5) is 11.4 Å². The lowest BCUT2D eigenvalue weighted by Gasteiger charge is -2.27. The number of aliphatic hydroxyl groups is 1. The smallest absolute Gasteiger partial charge is 0.261 e. The van der Waals surface area contributed by atoms with Gasteiger partial charge in [0, 0.05) is 37.7 Å². The van der Waals surface area contributed by atoms with E-state index in [0.717, 1.165) is 37.3 Å². The molecular formula is C22H19BrN2O3. The number of β-amino-alcohol motifs (C(OH)–C–C–N with tert-alkyl or cyclic N) is 1. The zero-order chi connectivity index (χ0) is 20.0. The molecule has 2 amide bonds. The van der Waals surface area contributed by atoms with Gasteiger partial charge in [-0.3, -0.25) is 14.5 Å². The van der Waals surface area contributed by atoms with Crippen molar-refractivity contribution >= 4 is 49.9 Å². The first kappa shape index (κ1) is 18.7. The molecule has 0 unspecified atom stereocenters. The van der Waals surface area contributed by atoms with E-state index in [1.165, 1.54) is 0 Å². The van der Waals surface area contributed by atoms with Gasteiger partial charge >= 0.3 is 0 Å². The minimum Gasteiger partial charge on any atom is -0.395 e. The lowest BCUT2D eigenvalue weighted by molar-refractivity contribution is 0.0580. The molecule has 2 N–H and O–H groups in total. The third kappa shape index (κ3) is 2.80. The molecule has 0 aliphatic carbocycles. The standard InChI is InChI=1S/C22H19BrN2O3/c1-12-13(2)18(9-7-17(12)23)24-19-8-6-16-20-14(19)4-3-5-15(20)21(27)25(10-11-26)22(16)28/h3-9,24,26H,10-11H2,1-2H3. The van der Waals surface area contributed by atoms with Gasteiger partial charge in [0.2, 0.25) is 0 Å². The van der Waals surface area contributed by atoms with E-state index >= 15 is 0 Å². The van der Waals surface area contributed by atoms with E-state index in [1.54, 1.807) is 12.1 Å². The number of nitrogens with one attached hydrogen (secondary N) is 1. The minimum atomic E-state index is -0.370. The van der Waals surface area contributed by atoms with Crippen molar-refractivity contribution in [3.8, 4) is 0 Å². The largest absolute Gasteiger partial charge is 0.395 e. The number of nitrogens with zero attached hydrogens (tertiary/aromatic N) is 1. The average molecular weight is 439 g/mol. The number of imide groups is 1. The fraction of sp³-hybridized carbons (Fsp3) is 0.182. The molecule has 1 heterocycles. The predicted molar refractivity (Wildman–Crippen MR) is 113 cm³/mol. The van der Waals surface area contributed by atoms with Gasteiger partial charge in [-0.1, -0.05) is 28.1 Å². The van der Waals surface area contributed by atoms with E-state index in [9.17, 15) is 14.7 Å². The van der Waals surface area contributed by atoms with E-state index in [-0.39, 0.29) is 25.0 Å². The van der Waals surface area contributed by atoms with Crippen molar-refractivity contribution in [2.45, 2.75) is 13.8 Å². The molecule has 6 heteroatoms. The second-order valence-electron chi connectivity index (χ2n) is 6.84. The monoisotopic (exact) mass is 438 g/mol. The van der Waals surface area contributed by atoms with Gasteiger partial charge in [0.1, 0.15) is 0 Å². The Hall–Kier alpha value is -2.70. The highest BCUT2D eigenvalue weighted by atomic mass is 79.9. The molecule has 0 atom stereocenters. The summed E-state index contributed by atoms with van der Waals surface area (Å²) in [6.07, 6.45) is 0. The van der Waals surface area contributed by atoms with Crippen molar-refractivity contribution in [3.63, 3.8) is 0 Å². The van der Waals surface area contributed by atoms with Crippen LogP contribution < -0.4 is 5.32 Å². The summed E-state index contributed by atoms with van der Waals surface area (Å²) in [5, 5.41) is 14.1. The SMILES string of the molecule is Cc1c(Br)ccc(Nc2ccc3c4c(cccc24)C(=O)N(CCO)C3=O)c1C. The predicted octanol–water partition coefficient (Wildman–Crippen LogP) is 4.55. The van der Waals surface area contributed by atoms with Crippen molar-refractivity contribution in [1.82, 2.24) is 4.90 Å². The Bertz CT molecular complexity index is 1120. The Morgan fingerprint density at radius 2 is 1.61 bits per heavy atom. The lowest BCUT2D eigenvalue weighted by atomic mass is 9.93. The van der Waals surface area contributed by atoms with Crippen LogP contribution in [-0.2, 0) is 0 Å². The van der Waals surface area contributed by atoms with Crippen LogP contribution in [0, 0.1) is 13.8 Å². The summed E-state index contributed by atoms with van der Waals surface area (Å²) >= 11 is 3.55. The highest BCUT2D eigenvalue weighted by Crippen LogP contribution is 2.36. The molecule has 0 aromatic heterocycles. The van der Waals surface area contributed by atoms with Crippen molar-refractivity contribution in [1.29, 1.82) is 0 Å². The molecule has 1 aliphatic heterocycles.